The van der Waals surface area contributed by atoms with Crippen LogP contribution >= 0.6 is 22.6 Å². The lowest BCUT2D eigenvalue weighted by atomic mass is 9.60. The summed E-state index contributed by atoms with van der Waals surface area (Å²) in [6.07, 6.45) is 2.97. The number of halogens is 1. The number of hydrogen-bond donors (Lipinski definition) is 0. The third-order valence-corrected chi connectivity index (χ3v) is 6.47. The minimum Gasteiger partial charge on any atom is -0.0823 e. The van der Waals surface area contributed by atoms with Crippen molar-refractivity contribution in [1.29, 1.82) is 0 Å². The minimum absolute atomic E-state index is 0.571. The predicted molar refractivity (Wildman–Crippen MR) is 61.6 cm³/mol. The topological polar surface area (TPSA) is 0 Å². The van der Waals surface area contributed by atoms with Gasteiger partial charge in [-0.25, -0.2) is 0 Å². The normalized spacial score (nSPS) is 48.2. The molecule has 3 unspecified atom stereocenters. The van der Waals surface area contributed by atoms with Crippen molar-refractivity contribution in [3.63, 3.8) is 0 Å². The van der Waals surface area contributed by atoms with Crippen molar-refractivity contribution in [2.24, 2.45) is 22.7 Å². The summed E-state index contributed by atoms with van der Waals surface area (Å²) in [5, 5.41) is 0. The van der Waals surface area contributed by atoms with Gasteiger partial charge in [0.05, 0.1) is 0 Å². The smallest absolute Gasteiger partial charge is 0.0146 e. The van der Waals surface area contributed by atoms with E-state index in [-0.39, 0.29) is 0 Å². The molecule has 70 valence electrons. The van der Waals surface area contributed by atoms with Crippen molar-refractivity contribution < 1.29 is 0 Å². The highest BCUT2D eigenvalue weighted by Gasteiger charge is 2.60. The Balaban J connectivity index is 2.36. The SMILES string of the molecule is CC1(C)C2CC(I)C(C2)C1(C)C. The van der Waals surface area contributed by atoms with Crippen LogP contribution in [0.2, 0.25) is 0 Å². The van der Waals surface area contributed by atoms with E-state index >= 15 is 0 Å². The Morgan fingerprint density at radius 1 is 1.00 bits per heavy atom. The van der Waals surface area contributed by atoms with Crippen LogP contribution in [0.4, 0.5) is 0 Å². The monoisotopic (exact) mass is 278 g/mol. The van der Waals surface area contributed by atoms with Crippen molar-refractivity contribution in [2.75, 3.05) is 0 Å². The van der Waals surface area contributed by atoms with Gasteiger partial charge < -0.3 is 0 Å². The highest BCUT2D eigenvalue weighted by molar-refractivity contribution is 14.1. The van der Waals surface area contributed by atoms with Gasteiger partial charge >= 0.3 is 0 Å². The maximum absolute atomic E-state index is 2.67. The Labute approximate surface area is 89.6 Å². The number of rotatable bonds is 0. The lowest BCUT2D eigenvalue weighted by Gasteiger charge is -2.47. The molecule has 0 amide bonds. The van der Waals surface area contributed by atoms with Gasteiger partial charge in [0.25, 0.3) is 0 Å². The van der Waals surface area contributed by atoms with Crippen LogP contribution in [-0.4, -0.2) is 3.92 Å². The summed E-state index contributed by atoms with van der Waals surface area (Å²) in [6, 6.07) is 0. The van der Waals surface area contributed by atoms with Gasteiger partial charge in [0.15, 0.2) is 0 Å². The molecule has 0 nitrogen and oxygen atoms in total. The van der Waals surface area contributed by atoms with Crippen molar-refractivity contribution in [3.8, 4) is 0 Å². The van der Waals surface area contributed by atoms with E-state index in [1.807, 2.05) is 0 Å². The summed E-state index contributed by atoms with van der Waals surface area (Å²) in [6.45, 7) is 9.89. The molecule has 2 rings (SSSR count). The molecule has 0 N–H and O–H groups in total. The average Bonchev–Trinajstić information content (AvgIpc) is 2.35. The third-order valence-electron chi connectivity index (χ3n) is 5.09. The van der Waals surface area contributed by atoms with Gasteiger partial charge in [-0.15, -0.1) is 0 Å². The zero-order valence-electron chi connectivity index (χ0n) is 8.52. The first-order valence-electron chi connectivity index (χ1n) is 5.01. The largest absolute Gasteiger partial charge is 0.0823 e. The molecule has 0 heterocycles. The van der Waals surface area contributed by atoms with Crippen LogP contribution in [0, 0.1) is 22.7 Å². The van der Waals surface area contributed by atoms with Crippen molar-refractivity contribution in [1.82, 2.24) is 0 Å². The zero-order chi connectivity index (χ0) is 9.15. The standard InChI is InChI=1S/C11H19I/c1-10(2)7-5-8(9(12)6-7)11(10,3)4/h7-9H,5-6H2,1-4H3. The summed E-state index contributed by atoms with van der Waals surface area (Å²) in [7, 11) is 0. The van der Waals surface area contributed by atoms with E-state index in [2.05, 4.69) is 50.3 Å². The van der Waals surface area contributed by atoms with Gasteiger partial charge in [-0.2, -0.15) is 0 Å². The van der Waals surface area contributed by atoms with E-state index in [1.54, 1.807) is 0 Å². The van der Waals surface area contributed by atoms with Gasteiger partial charge in [-0.05, 0) is 35.5 Å². The van der Waals surface area contributed by atoms with Crippen LogP contribution in [-0.2, 0) is 0 Å². The minimum atomic E-state index is 0.571. The Morgan fingerprint density at radius 3 is 1.92 bits per heavy atom. The Bertz CT molecular complexity index is 205. The van der Waals surface area contributed by atoms with E-state index in [4.69, 9.17) is 0 Å². The van der Waals surface area contributed by atoms with Crippen LogP contribution < -0.4 is 0 Å². The Kier molecular flexibility index (Phi) is 1.86. The van der Waals surface area contributed by atoms with Gasteiger partial charge in [-0.1, -0.05) is 50.3 Å². The van der Waals surface area contributed by atoms with Crippen LogP contribution in [0.5, 0.6) is 0 Å². The molecule has 0 radical (unpaired) electrons. The van der Waals surface area contributed by atoms with E-state index < -0.39 is 0 Å². The molecule has 0 spiro atoms. The summed E-state index contributed by atoms with van der Waals surface area (Å²) in [4.78, 5) is 0. The molecule has 3 atom stereocenters. The molecular formula is C11H19I. The number of hydrogen-bond acceptors (Lipinski definition) is 0. The second-order valence-electron chi connectivity index (χ2n) is 5.73. The summed E-state index contributed by atoms with van der Waals surface area (Å²) < 4.78 is 0.954. The van der Waals surface area contributed by atoms with Gasteiger partial charge in [0.1, 0.15) is 0 Å². The molecule has 2 saturated carbocycles. The zero-order valence-corrected chi connectivity index (χ0v) is 10.7. The van der Waals surface area contributed by atoms with Crippen LogP contribution in [0.3, 0.4) is 0 Å². The van der Waals surface area contributed by atoms with Crippen molar-refractivity contribution >= 4 is 22.6 Å². The average molecular weight is 278 g/mol. The molecule has 12 heavy (non-hydrogen) atoms. The van der Waals surface area contributed by atoms with Crippen LogP contribution in [0.1, 0.15) is 40.5 Å². The lowest BCUT2D eigenvalue weighted by Crippen LogP contribution is -2.41. The quantitative estimate of drug-likeness (QED) is 0.466. The molecule has 0 aromatic carbocycles. The van der Waals surface area contributed by atoms with Gasteiger partial charge in [-0.3, -0.25) is 0 Å². The van der Waals surface area contributed by atoms with E-state index in [0.717, 1.165) is 15.8 Å². The Hall–Kier alpha value is 0.730. The highest BCUT2D eigenvalue weighted by atomic mass is 127. The molecule has 2 bridgehead atoms. The molecule has 1 heteroatoms. The molecule has 2 aliphatic rings. The fourth-order valence-corrected chi connectivity index (χ4v) is 5.13. The first kappa shape index (κ1) is 9.29. The fourth-order valence-electron chi connectivity index (χ4n) is 3.33. The van der Waals surface area contributed by atoms with Crippen LogP contribution in [0.15, 0.2) is 0 Å². The van der Waals surface area contributed by atoms with Crippen molar-refractivity contribution in [2.45, 2.75) is 44.5 Å². The van der Waals surface area contributed by atoms with Crippen molar-refractivity contribution in [3.05, 3.63) is 0 Å². The summed E-state index contributed by atoms with van der Waals surface area (Å²) in [5.74, 6) is 1.98. The molecule has 0 aromatic heterocycles. The maximum Gasteiger partial charge on any atom is 0.0146 e. The lowest BCUT2D eigenvalue weighted by molar-refractivity contribution is 0.0455. The molecule has 0 aliphatic heterocycles. The van der Waals surface area contributed by atoms with E-state index in [9.17, 15) is 0 Å². The molecule has 2 aliphatic carbocycles. The summed E-state index contributed by atoms with van der Waals surface area (Å²) in [5.41, 5.74) is 1.15. The number of fused-ring (bicyclic) bond motifs is 2. The van der Waals surface area contributed by atoms with E-state index in [0.29, 0.717) is 10.8 Å². The first-order valence-corrected chi connectivity index (χ1v) is 6.26. The van der Waals surface area contributed by atoms with Gasteiger partial charge in [0.2, 0.25) is 0 Å². The van der Waals surface area contributed by atoms with Crippen LogP contribution in [0.25, 0.3) is 0 Å². The number of alkyl halides is 1. The molecule has 2 fully saturated rings. The highest BCUT2D eigenvalue weighted by Crippen LogP contribution is 2.67. The fraction of sp³-hybridized carbons (Fsp3) is 1.00. The summed E-state index contributed by atoms with van der Waals surface area (Å²) >= 11 is 2.67. The Morgan fingerprint density at radius 2 is 1.58 bits per heavy atom. The predicted octanol–water partition coefficient (Wildman–Crippen LogP) is 3.88. The molecule has 0 saturated heterocycles. The third kappa shape index (κ3) is 0.893. The molecule has 0 aromatic rings. The second-order valence-corrected chi connectivity index (χ2v) is 7.33. The maximum atomic E-state index is 2.67. The first-order chi connectivity index (χ1) is 5.37. The second kappa shape index (κ2) is 2.40. The van der Waals surface area contributed by atoms with E-state index in [1.165, 1.54) is 12.8 Å². The molecular weight excluding hydrogens is 259 g/mol. The van der Waals surface area contributed by atoms with Gasteiger partial charge in [0, 0.05) is 3.92 Å².